The summed E-state index contributed by atoms with van der Waals surface area (Å²) in [5, 5.41) is 21.2. The first-order valence-electron chi connectivity index (χ1n) is 12.6. The van der Waals surface area contributed by atoms with Crippen LogP contribution in [-0.2, 0) is 13.6 Å². The molecule has 1 saturated carbocycles. The predicted molar refractivity (Wildman–Crippen MR) is 143 cm³/mol. The Morgan fingerprint density at radius 1 is 1.05 bits per heavy atom. The number of aryl methyl sites for hydroxylation is 2. The quantitative estimate of drug-likeness (QED) is 0.303. The number of rotatable bonds is 6. The van der Waals surface area contributed by atoms with Crippen molar-refractivity contribution in [2.75, 3.05) is 5.32 Å². The van der Waals surface area contributed by atoms with Gasteiger partial charge >= 0.3 is 6.03 Å². The maximum atomic E-state index is 13.3. The number of aromatic nitrogens is 3. The number of nitrogens with zero attached hydrogens (tertiary/aromatic N) is 3. The molecule has 2 amide bonds. The molecule has 0 atom stereocenters. The lowest BCUT2D eigenvalue weighted by Gasteiger charge is -2.12. The van der Waals surface area contributed by atoms with Crippen molar-refractivity contribution in [3.8, 4) is 17.0 Å². The lowest BCUT2D eigenvalue weighted by atomic mass is 10.0. The molecule has 0 saturated heterocycles. The lowest BCUT2D eigenvalue weighted by Crippen LogP contribution is -2.30. The number of phenolic OH excluding ortho intramolecular Hbond substituents is 1. The molecule has 2 aromatic carbocycles. The second-order valence-electron chi connectivity index (χ2n) is 9.69. The average molecular weight is 498 g/mol. The molecule has 4 aromatic rings. The van der Waals surface area contributed by atoms with Gasteiger partial charge in [0.25, 0.3) is 5.91 Å². The zero-order valence-electron chi connectivity index (χ0n) is 21.1. The fraction of sp³-hybridized carbons (Fsp3) is 0.276. The average Bonchev–Trinajstić information content (AvgIpc) is 3.64. The molecule has 0 aliphatic heterocycles. The second kappa shape index (κ2) is 10.3. The Hall–Kier alpha value is -4.33. The van der Waals surface area contributed by atoms with Gasteiger partial charge in [0.15, 0.2) is 0 Å². The van der Waals surface area contributed by atoms with Gasteiger partial charge in [0.2, 0.25) is 0 Å². The number of carbonyl (C=O) groups excluding carboxylic acids is 2. The van der Waals surface area contributed by atoms with Crippen molar-refractivity contribution in [2.45, 2.75) is 45.1 Å². The van der Waals surface area contributed by atoms with Crippen LogP contribution in [0.3, 0.4) is 0 Å². The van der Waals surface area contributed by atoms with Gasteiger partial charge in [0.1, 0.15) is 11.4 Å². The van der Waals surface area contributed by atoms with E-state index in [0.717, 1.165) is 42.5 Å². The summed E-state index contributed by atoms with van der Waals surface area (Å²) in [6.07, 6.45) is 6.02. The monoisotopic (exact) mass is 497 g/mol. The van der Waals surface area contributed by atoms with E-state index in [1.54, 1.807) is 42.1 Å². The molecule has 37 heavy (non-hydrogen) atoms. The maximum Gasteiger partial charge on any atom is 0.342 e. The highest BCUT2D eigenvalue weighted by molar-refractivity contribution is 6.03. The van der Waals surface area contributed by atoms with Crippen LogP contribution in [0.15, 0.2) is 66.9 Å². The van der Waals surface area contributed by atoms with Crippen molar-refractivity contribution in [1.82, 2.24) is 19.7 Å². The van der Waals surface area contributed by atoms with Crippen molar-refractivity contribution in [1.29, 1.82) is 0 Å². The Morgan fingerprint density at radius 3 is 2.59 bits per heavy atom. The maximum absolute atomic E-state index is 13.3. The molecule has 8 heteroatoms. The molecule has 0 bridgehead atoms. The number of anilines is 1. The summed E-state index contributed by atoms with van der Waals surface area (Å²) in [5.74, 6) is 0.00448. The van der Waals surface area contributed by atoms with Crippen molar-refractivity contribution in [2.24, 2.45) is 7.05 Å². The number of nitrogens with one attached hydrogen (secondary N) is 2. The van der Waals surface area contributed by atoms with E-state index in [1.807, 2.05) is 37.3 Å². The number of benzene rings is 2. The Bertz CT molecular complexity index is 1450. The van der Waals surface area contributed by atoms with Crippen molar-refractivity contribution < 1.29 is 14.7 Å². The van der Waals surface area contributed by atoms with E-state index >= 15 is 0 Å². The minimum atomic E-state index is -0.303. The summed E-state index contributed by atoms with van der Waals surface area (Å²) in [5.41, 5.74) is 4.98. The number of amides is 2. The van der Waals surface area contributed by atoms with E-state index in [9.17, 15) is 14.7 Å². The lowest BCUT2D eigenvalue weighted by molar-refractivity contribution is 0.101. The van der Waals surface area contributed by atoms with Crippen LogP contribution in [-0.4, -0.2) is 31.4 Å². The number of hydrogen-bond donors (Lipinski definition) is 3. The minimum Gasteiger partial charge on any atom is -0.507 e. The van der Waals surface area contributed by atoms with E-state index in [1.165, 1.54) is 10.7 Å². The zero-order chi connectivity index (χ0) is 25.9. The van der Waals surface area contributed by atoms with Crippen molar-refractivity contribution in [3.63, 3.8) is 0 Å². The molecule has 1 aliphatic rings. The molecule has 5 rings (SSSR count). The second-order valence-corrected chi connectivity index (χ2v) is 9.69. The van der Waals surface area contributed by atoms with Gasteiger partial charge in [-0.05, 0) is 61.7 Å². The summed E-state index contributed by atoms with van der Waals surface area (Å²) in [4.78, 5) is 25.9. The van der Waals surface area contributed by atoms with Crippen molar-refractivity contribution in [3.05, 3.63) is 89.4 Å². The summed E-state index contributed by atoms with van der Waals surface area (Å²) in [6.45, 7) is 2.41. The van der Waals surface area contributed by atoms with E-state index in [4.69, 9.17) is 0 Å². The summed E-state index contributed by atoms with van der Waals surface area (Å²) in [7, 11) is 1.80. The Morgan fingerprint density at radius 2 is 1.86 bits per heavy atom. The minimum absolute atomic E-state index is 0.0275. The van der Waals surface area contributed by atoms with E-state index in [2.05, 4.69) is 15.7 Å². The number of aromatic hydroxyl groups is 1. The smallest absolute Gasteiger partial charge is 0.342 e. The van der Waals surface area contributed by atoms with Crippen molar-refractivity contribution >= 4 is 17.6 Å². The normalized spacial score (nSPS) is 13.6. The molecule has 2 aromatic heterocycles. The third kappa shape index (κ3) is 5.28. The Balaban J connectivity index is 1.43. The van der Waals surface area contributed by atoms with Crippen LogP contribution in [0.25, 0.3) is 11.3 Å². The fourth-order valence-electron chi connectivity index (χ4n) is 4.99. The molecule has 1 aliphatic carbocycles. The van der Waals surface area contributed by atoms with Gasteiger partial charge in [-0.15, -0.1) is 0 Å². The van der Waals surface area contributed by atoms with Crippen LogP contribution in [0.4, 0.5) is 10.5 Å². The molecule has 190 valence electrons. The molecule has 3 N–H and O–H groups in total. The van der Waals surface area contributed by atoms with Gasteiger partial charge < -0.3 is 20.3 Å². The first-order chi connectivity index (χ1) is 17.9. The molecular formula is C29H31N5O3. The first kappa shape index (κ1) is 24.4. The SMILES string of the molecule is Cc1cccc(CNC(=O)n2nc(-c3cc(NC(=O)c4cccn4C)ccc3O)cc2C2CCCC2)c1. The van der Waals surface area contributed by atoms with E-state index in [-0.39, 0.29) is 23.6 Å². The van der Waals surface area contributed by atoms with Crippen LogP contribution < -0.4 is 10.6 Å². The highest BCUT2D eigenvalue weighted by Crippen LogP contribution is 2.38. The molecule has 0 unspecified atom stereocenters. The first-order valence-corrected chi connectivity index (χ1v) is 12.6. The van der Waals surface area contributed by atoms with Crippen LogP contribution in [0.1, 0.15) is 58.9 Å². The zero-order valence-corrected chi connectivity index (χ0v) is 21.1. The molecule has 2 heterocycles. The number of carbonyl (C=O) groups is 2. The van der Waals surface area contributed by atoms with Gasteiger partial charge in [-0.25, -0.2) is 4.79 Å². The third-order valence-corrected chi connectivity index (χ3v) is 6.94. The van der Waals surface area contributed by atoms with Gasteiger partial charge in [-0.2, -0.15) is 9.78 Å². The Labute approximate surface area is 215 Å². The molecule has 0 radical (unpaired) electrons. The van der Waals surface area contributed by atoms with E-state index < -0.39 is 0 Å². The molecular weight excluding hydrogens is 466 g/mol. The fourth-order valence-corrected chi connectivity index (χ4v) is 4.99. The van der Waals surface area contributed by atoms with Crippen LogP contribution in [0, 0.1) is 6.92 Å². The largest absolute Gasteiger partial charge is 0.507 e. The van der Waals surface area contributed by atoms with Crippen LogP contribution >= 0.6 is 0 Å². The summed E-state index contributed by atoms with van der Waals surface area (Å²) >= 11 is 0. The molecule has 1 fully saturated rings. The third-order valence-electron chi connectivity index (χ3n) is 6.94. The van der Waals surface area contributed by atoms with Gasteiger partial charge in [0.05, 0.1) is 11.4 Å². The Kier molecular flexibility index (Phi) is 6.81. The number of hydrogen-bond acceptors (Lipinski definition) is 4. The van der Waals surface area contributed by atoms with Gasteiger partial charge in [-0.1, -0.05) is 42.7 Å². The predicted octanol–water partition coefficient (Wildman–Crippen LogP) is 5.57. The van der Waals surface area contributed by atoms with Crippen LogP contribution in [0.2, 0.25) is 0 Å². The molecule has 0 spiro atoms. The highest BCUT2D eigenvalue weighted by atomic mass is 16.3. The topological polar surface area (TPSA) is 101 Å². The molecule has 8 nitrogen and oxygen atoms in total. The summed E-state index contributed by atoms with van der Waals surface area (Å²) in [6, 6.07) is 18.0. The highest BCUT2D eigenvalue weighted by Gasteiger charge is 2.26. The van der Waals surface area contributed by atoms with E-state index in [0.29, 0.717) is 29.2 Å². The standard InChI is InChI=1S/C29H31N5O3/c1-19-7-5-8-20(15-19)18-30-29(37)34-26(21-9-3-4-10-21)17-24(32-34)23-16-22(12-13-27(23)35)31-28(36)25-11-6-14-33(25)2/h5-8,11-17,21,35H,3-4,9-10,18H2,1-2H3,(H,30,37)(H,31,36). The summed E-state index contributed by atoms with van der Waals surface area (Å²) < 4.78 is 3.18. The van der Waals surface area contributed by atoms with Crippen LogP contribution in [0.5, 0.6) is 5.75 Å². The van der Waals surface area contributed by atoms with Gasteiger partial charge in [0, 0.05) is 37.0 Å². The number of phenols is 1. The van der Waals surface area contributed by atoms with Gasteiger partial charge in [-0.3, -0.25) is 4.79 Å².